The van der Waals surface area contributed by atoms with Crippen LogP contribution in [0.5, 0.6) is 0 Å². The van der Waals surface area contributed by atoms with E-state index in [1.165, 1.54) is 11.1 Å². The minimum Gasteiger partial charge on any atom is -0.352 e. The van der Waals surface area contributed by atoms with Crippen LogP contribution in [0.25, 0.3) is 11.1 Å². The first-order valence-corrected chi connectivity index (χ1v) is 8.41. The summed E-state index contributed by atoms with van der Waals surface area (Å²) in [6.45, 7) is 2.16. The van der Waals surface area contributed by atoms with Crippen molar-refractivity contribution in [3.05, 3.63) is 78.4 Å². The molecule has 1 aliphatic rings. The van der Waals surface area contributed by atoms with Gasteiger partial charge in [-0.2, -0.15) is 5.26 Å². The first kappa shape index (κ1) is 15.3. The molecule has 0 amide bonds. The molecule has 122 valence electrons. The van der Waals surface area contributed by atoms with E-state index in [-0.39, 0.29) is 6.17 Å². The standard InChI is InChI=1S/C22H19N3/c1-16-24(2)21-13-7-11-19(15-23)22(21)25(16)20-12-6-10-18(14-20)17-8-4-3-5-9-17/h3-14,16H,1-2H3/t16-/m0/s1. The van der Waals surface area contributed by atoms with E-state index in [0.29, 0.717) is 5.56 Å². The second kappa shape index (κ2) is 5.99. The summed E-state index contributed by atoms with van der Waals surface area (Å²) < 4.78 is 0. The fraction of sp³-hybridized carbons (Fsp3) is 0.136. The summed E-state index contributed by atoms with van der Waals surface area (Å²) in [5, 5.41) is 9.58. The van der Waals surface area contributed by atoms with Gasteiger partial charge in [-0.3, -0.25) is 0 Å². The molecular weight excluding hydrogens is 306 g/mol. The lowest BCUT2D eigenvalue weighted by molar-refractivity contribution is 0.734. The monoisotopic (exact) mass is 325 g/mol. The first-order valence-electron chi connectivity index (χ1n) is 8.41. The predicted molar refractivity (Wildman–Crippen MR) is 103 cm³/mol. The van der Waals surface area contributed by atoms with Gasteiger partial charge in [-0.25, -0.2) is 0 Å². The van der Waals surface area contributed by atoms with Crippen molar-refractivity contribution in [2.24, 2.45) is 0 Å². The fourth-order valence-electron chi connectivity index (χ4n) is 3.53. The summed E-state index contributed by atoms with van der Waals surface area (Å²) in [5.41, 5.74) is 6.26. The van der Waals surface area contributed by atoms with Gasteiger partial charge >= 0.3 is 0 Å². The van der Waals surface area contributed by atoms with E-state index in [0.717, 1.165) is 17.1 Å². The van der Waals surface area contributed by atoms with Crippen molar-refractivity contribution in [1.29, 1.82) is 5.26 Å². The molecule has 0 saturated carbocycles. The van der Waals surface area contributed by atoms with E-state index in [1.807, 2.05) is 18.2 Å². The zero-order chi connectivity index (χ0) is 17.4. The highest BCUT2D eigenvalue weighted by atomic mass is 15.4. The van der Waals surface area contributed by atoms with Crippen LogP contribution in [0.15, 0.2) is 72.8 Å². The quantitative estimate of drug-likeness (QED) is 0.652. The normalized spacial score (nSPS) is 15.8. The molecule has 3 nitrogen and oxygen atoms in total. The number of rotatable bonds is 2. The van der Waals surface area contributed by atoms with Crippen LogP contribution in [-0.2, 0) is 0 Å². The van der Waals surface area contributed by atoms with Crippen molar-refractivity contribution >= 4 is 17.1 Å². The molecule has 0 radical (unpaired) electrons. The molecule has 0 fully saturated rings. The number of para-hydroxylation sites is 1. The average Bonchev–Trinajstić information content (AvgIpc) is 2.93. The molecule has 0 aliphatic carbocycles. The number of nitrogens with zero attached hydrogens (tertiary/aromatic N) is 3. The molecule has 1 atom stereocenters. The molecule has 0 saturated heterocycles. The van der Waals surface area contributed by atoms with Gasteiger partial charge in [-0.05, 0) is 42.3 Å². The Balaban J connectivity index is 1.86. The maximum absolute atomic E-state index is 9.58. The first-order chi connectivity index (χ1) is 12.2. The maximum atomic E-state index is 9.58. The lowest BCUT2D eigenvalue weighted by Crippen LogP contribution is -2.35. The van der Waals surface area contributed by atoms with Crippen molar-refractivity contribution in [3.8, 4) is 17.2 Å². The van der Waals surface area contributed by atoms with Crippen molar-refractivity contribution in [3.63, 3.8) is 0 Å². The van der Waals surface area contributed by atoms with E-state index >= 15 is 0 Å². The van der Waals surface area contributed by atoms with E-state index in [2.05, 4.69) is 84.4 Å². The zero-order valence-corrected chi connectivity index (χ0v) is 14.3. The molecule has 3 aromatic rings. The highest BCUT2D eigenvalue weighted by Gasteiger charge is 2.33. The lowest BCUT2D eigenvalue weighted by Gasteiger charge is -2.28. The minimum absolute atomic E-state index is 0.149. The molecule has 1 aliphatic heterocycles. The van der Waals surface area contributed by atoms with Gasteiger partial charge in [0.25, 0.3) is 0 Å². The van der Waals surface area contributed by atoms with Gasteiger partial charge in [-0.1, -0.05) is 48.5 Å². The van der Waals surface area contributed by atoms with Crippen LogP contribution >= 0.6 is 0 Å². The molecule has 4 rings (SSSR count). The van der Waals surface area contributed by atoms with Crippen LogP contribution in [0, 0.1) is 11.3 Å². The van der Waals surface area contributed by atoms with Crippen molar-refractivity contribution in [2.45, 2.75) is 13.1 Å². The summed E-state index contributed by atoms with van der Waals surface area (Å²) in [7, 11) is 2.08. The van der Waals surface area contributed by atoms with Crippen molar-refractivity contribution < 1.29 is 0 Å². The summed E-state index contributed by atoms with van der Waals surface area (Å²) >= 11 is 0. The van der Waals surface area contributed by atoms with Crippen LogP contribution in [0.2, 0.25) is 0 Å². The second-order valence-electron chi connectivity index (χ2n) is 6.31. The molecule has 0 aromatic heterocycles. The second-order valence-corrected chi connectivity index (χ2v) is 6.31. The van der Waals surface area contributed by atoms with Gasteiger partial charge < -0.3 is 9.80 Å². The van der Waals surface area contributed by atoms with E-state index < -0.39 is 0 Å². The fourth-order valence-corrected chi connectivity index (χ4v) is 3.53. The van der Waals surface area contributed by atoms with Gasteiger partial charge in [0.15, 0.2) is 0 Å². The molecular formula is C22H19N3. The number of fused-ring (bicyclic) bond motifs is 1. The van der Waals surface area contributed by atoms with Crippen LogP contribution in [0.3, 0.4) is 0 Å². The van der Waals surface area contributed by atoms with E-state index in [9.17, 15) is 5.26 Å². The SMILES string of the molecule is C[C@H]1N(C)c2cccc(C#N)c2N1c1cccc(-c2ccccc2)c1. The Hall–Kier alpha value is -3.25. The maximum Gasteiger partial charge on any atom is 0.103 e. The smallest absolute Gasteiger partial charge is 0.103 e. The molecule has 0 bridgehead atoms. The van der Waals surface area contributed by atoms with Crippen molar-refractivity contribution in [2.75, 3.05) is 16.8 Å². The van der Waals surface area contributed by atoms with Gasteiger partial charge in [0, 0.05) is 12.7 Å². The van der Waals surface area contributed by atoms with Crippen molar-refractivity contribution in [1.82, 2.24) is 0 Å². The molecule has 1 heterocycles. The largest absolute Gasteiger partial charge is 0.352 e. The summed E-state index contributed by atoms with van der Waals surface area (Å²) in [6.07, 6.45) is 0.149. The molecule has 3 heteroatoms. The third-order valence-electron chi connectivity index (χ3n) is 4.92. The number of benzene rings is 3. The number of hydrogen-bond acceptors (Lipinski definition) is 3. The third-order valence-corrected chi connectivity index (χ3v) is 4.92. The van der Waals surface area contributed by atoms with E-state index in [1.54, 1.807) is 0 Å². The molecule has 0 N–H and O–H groups in total. The van der Waals surface area contributed by atoms with Crippen LogP contribution in [0.4, 0.5) is 17.1 Å². The summed E-state index contributed by atoms with van der Waals surface area (Å²) in [5.74, 6) is 0. The highest BCUT2D eigenvalue weighted by molar-refractivity contribution is 5.88. The topological polar surface area (TPSA) is 30.3 Å². The Kier molecular flexibility index (Phi) is 3.66. The van der Waals surface area contributed by atoms with E-state index in [4.69, 9.17) is 0 Å². The lowest BCUT2D eigenvalue weighted by atomic mass is 10.0. The molecule has 0 spiro atoms. The molecule has 25 heavy (non-hydrogen) atoms. The van der Waals surface area contributed by atoms with Crippen LogP contribution in [0.1, 0.15) is 12.5 Å². The Bertz CT molecular complexity index is 957. The highest BCUT2D eigenvalue weighted by Crippen LogP contribution is 2.45. The number of nitriles is 1. The Morgan fingerprint density at radius 2 is 1.60 bits per heavy atom. The predicted octanol–water partition coefficient (Wildman–Crippen LogP) is 5.16. The van der Waals surface area contributed by atoms with Gasteiger partial charge in [0.1, 0.15) is 12.2 Å². The molecule has 0 unspecified atom stereocenters. The summed E-state index contributed by atoms with van der Waals surface area (Å²) in [6, 6.07) is 27.1. The number of hydrogen-bond donors (Lipinski definition) is 0. The molecule has 3 aromatic carbocycles. The zero-order valence-electron chi connectivity index (χ0n) is 14.3. The Morgan fingerprint density at radius 3 is 2.36 bits per heavy atom. The van der Waals surface area contributed by atoms with Gasteiger partial charge in [0.05, 0.1) is 16.9 Å². The van der Waals surface area contributed by atoms with Crippen LogP contribution < -0.4 is 9.80 Å². The van der Waals surface area contributed by atoms with Gasteiger partial charge in [-0.15, -0.1) is 0 Å². The Morgan fingerprint density at radius 1 is 0.880 bits per heavy atom. The van der Waals surface area contributed by atoms with Crippen LogP contribution in [-0.4, -0.2) is 13.2 Å². The summed E-state index contributed by atoms with van der Waals surface area (Å²) in [4.78, 5) is 4.46. The van der Waals surface area contributed by atoms with Gasteiger partial charge in [0.2, 0.25) is 0 Å². The minimum atomic E-state index is 0.149. The number of anilines is 3. The third kappa shape index (κ3) is 2.43. The Labute approximate surface area is 148 Å². The average molecular weight is 325 g/mol.